The third-order valence-electron chi connectivity index (χ3n) is 2.10. The highest BCUT2D eigenvalue weighted by Gasteiger charge is 2.10. The fraction of sp³-hybridized carbons (Fsp3) is 0.545. The molecule has 0 bridgehead atoms. The van der Waals surface area contributed by atoms with Gasteiger partial charge >= 0.3 is 0 Å². The van der Waals surface area contributed by atoms with E-state index in [9.17, 15) is 4.79 Å². The van der Waals surface area contributed by atoms with Crippen molar-refractivity contribution in [3.63, 3.8) is 0 Å². The summed E-state index contributed by atoms with van der Waals surface area (Å²) in [6.07, 6.45) is 2.11. The van der Waals surface area contributed by atoms with Crippen LogP contribution in [0, 0.1) is 11.3 Å². The Hall–Kier alpha value is -1.52. The van der Waals surface area contributed by atoms with Crippen LogP contribution in [0.2, 0.25) is 0 Å². The fourth-order valence-electron chi connectivity index (χ4n) is 1.22. The first-order valence-corrected chi connectivity index (χ1v) is 6.57. The molecule has 0 aromatic rings. The number of hydrogen-bond acceptors (Lipinski definition) is 6. The van der Waals surface area contributed by atoms with Gasteiger partial charge in [-0.2, -0.15) is 5.26 Å². The average Bonchev–Trinajstić information content (AvgIpc) is 2.88. The largest absolute Gasteiger partial charge is 0.385 e. The number of nitriles is 1. The van der Waals surface area contributed by atoms with Gasteiger partial charge in [0.1, 0.15) is 11.6 Å². The Morgan fingerprint density at radius 2 is 2.56 bits per heavy atom. The Bertz CT molecular complexity index is 387. The quantitative estimate of drug-likeness (QED) is 0.409. The Labute approximate surface area is 110 Å². The van der Waals surface area contributed by atoms with Crippen LogP contribution in [-0.4, -0.2) is 43.6 Å². The van der Waals surface area contributed by atoms with Crippen LogP contribution in [0.15, 0.2) is 16.8 Å². The number of rotatable bonds is 6. The lowest BCUT2D eigenvalue weighted by atomic mass is 10.3. The molecule has 18 heavy (non-hydrogen) atoms. The summed E-state index contributed by atoms with van der Waals surface area (Å²) in [6, 6.07) is 1.86. The third kappa shape index (κ3) is 5.21. The van der Waals surface area contributed by atoms with Crippen molar-refractivity contribution in [3.05, 3.63) is 11.8 Å². The minimum Gasteiger partial charge on any atom is -0.385 e. The second-order valence-electron chi connectivity index (χ2n) is 3.45. The second-order valence-corrected chi connectivity index (χ2v) is 4.54. The summed E-state index contributed by atoms with van der Waals surface area (Å²) in [4.78, 5) is 15.8. The molecule has 0 atom stereocenters. The van der Waals surface area contributed by atoms with E-state index in [0.717, 1.165) is 23.9 Å². The molecule has 0 aliphatic carbocycles. The molecule has 1 aliphatic heterocycles. The van der Waals surface area contributed by atoms with Crippen LogP contribution in [0.3, 0.4) is 0 Å². The number of amides is 1. The molecule has 1 aliphatic rings. The molecular formula is C11H16N4O2S. The maximum Gasteiger partial charge on any atom is 0.263 e. The summed E-state index contributed by atoms with van der Waals surface area (Å²) in [5.74, 6) is 0.547. The zero-order chi connectivity index (χ0) is 13.2. The topological polar surface area (TPSA) is 86.5 Å². The number of nitrogens with one attached hydrogen (secondary N) is 2. The van der Waals surface area contributed by atoms with Crippen molar-refractivity contribution >= 4 is 22.8 Å². The first-order valence-electron chi connectivity index (χ1n) is 5.59. The van der Waals surface area contributed by atoms with Crippen LogP contribution in [-0.2, 0) is 9.53 Å². The molecule has 0 spiro atoms. The van der Waals surface area contributed by atoms with Gasteiger partial charge in [-0.25, -0.2) is 0 Å². The van der Waals surface area contributed by atoms with E-state index in [1.165, 1.54) is 6.20 Å². The number of nitrogens with zero attached hydrogens (tertiary/aromatic N) is 2. The summed E-state index contributed by atoms with van der Waals surface area (Å²) in [6.45, 7) is 1.84. The highest BCUT2D eigenvalue weighted by Crippen LogP contribution is 2.08. The van der Waals surface area contributed by atoms with E-state index in [1.54, 1.807) is 18.9 Å². The third-order valence-corrected chi connectivity index (χ3v) is 3.01. The molecule has 0 fully saturated rings. The molecule has 1 heterocycles. The standard InChI is InChI=1S/C11H16N4O2S/c1-17-5-2-3-13-10(16)9(7-12)8-15-11-14-4-6-18-11/h8H,2-6H2,1H3,(H,13,16)(H,14,15)/b9-8-. The molecular weight excluding hydrogens is 252 g/mol. The zero-order valence-electron chi connectivity index (χ0n) is 10.2. The van der Waals surface area contributed by atoms with Gasteiger partial charge in [-0.1, -0.05) is 11.8 Å². The van der Waals surface area contributed by atoms with Gasteiger partial charge in [0.15, 0.2) is 5.17 Å². The minimum absolute atomic E-state index is 0.0441. The maximum atomic E-state index is 11.6. The lowest BCUT2D eigenvalue weighted by Gasteiger charge is -2.04. The molecule has 98 valence electrons. The highest BCUT2D eigenvalue weighted by atomic mass is 32.2. The lowest BCUT2D eigenvalue weighted by Crippen LogP contribution is -2.27. The van der Waals surface area contributed by atoms with Crippen molar-refractivity contribution in [3.8, 4) is 6.07 Å². The van der Waals surface area contributed by atoms with E-state index >= 15 is 0 Å². The van der Waals surface area contributed by atoms with E-state index in [4.69, 9.17) is 10.00 Å². The Kier molecular flexibility index (Phi) is 6.91. The van der Waals surface area contributed by atoms with Gasteiger partial charge in [-0.15, -0.1) is 0 Å². The van der Waals surface area contributed by atoms with E-state index in [2.05, 4.69) is 15.6 Å². The number of carbonyl (C=O) groups excluding carboxylic acids is 1. The van der Waals surface area contributed by atoms with Crippen molar-refractivity contribution in [1.29, 1.82) is 5.26 Å². The molecule has 0 unspecified atom stereocenters. The summed E-state index contributed by atoms with van der Waals surface area (Å²) >= 11 is 1.57. The molecule has 0 saturated carbocycles. The van der Waals surface area contributed by atoms with Gasteiger partial charge in [-0.05, 0) is 6.42 Å². The van der Waals surface area contributed by atoms with Gasteiger partial charge < -0.3 is 15.4 Å². The van der Waals surface area contributed by atoms with Gasteiger partial charge in [0.25, 0.3) is 5.91 Å². The predicted octanol–water partition coefficient (Wildman–Crippen LogP) is 0.239. The van der Waals surface area contributed by atoms with Gasteiger partial charge in [0.05, 0.1) is 6.54 Å². The summed E-state index contributed by atoms with van der Waals surface area (Å²) in [7, 11) is 1.60. The molecule has 0 aromatic carbocycles. The molecule has 1 rings (SSSR count). The molecule has 0 aromatic heterocycles. The van der Waals surface area contributed by atoms with Crippen LogP contribution >= 0.6 is 11.8 Å². The van der Waals surface area contributed by atoms with Crippen molar-refractivity contribution < 1.29 is 9.53 Å². The molecule has 0 radical (unpaired) electrons. The molecule has 7 heteroatoms. The Balaban J connectivity index is 2.37. The second kappa shape index (κ2) is 8.55. The van der Waals surface area contributed by atoms with Crippen LogP contribution in [0.5, 0.6) is 0 Å². The number of ether oxygens (including phenoxy) is 1. The van der Waals surface area contributed by atoms with E-state index in [-0.39, 0.29) is 11.5 Å². The fourth-order valence-corrected chi connectivity index (χ4v) is 1.92. The minimum atomic E-state index is -0.385. The molecule has 6 nitrogen and oxygen atoms in total. The number of thioether (sulfide) groups is 1. The van der Waals surface area contributed by atoms with E-state index in [1.807, 2.05) is 6.07 Å². The first kappa shape index (κ1) is 14.5. The van der Waals surface area contributed by atoms with Crippen LogP contribution in [0.25, 0.3) is 0 Å². The van der Waals surface area contributed by atoms with Crippen LogP contribution in [0.1, 0.15) is 6.42 Å². The first-order chi connectivity index (χ1) is 8.77. The van der Waals surface area contributed by atoms with Crippen molar-refractivity contribution in [2.45, 2.75) is 6.42 Å². The summed E-state index contributed by atoms with van der Waals surface area (Å²) < 4.78 is 4.86. The molecule has 2 N–H and O–H groups in total. The summed E-state index contributed by atoms with van der Waals surface area (Å²) in [5.41, 5.74) is 0.0441. The van der Waals surface area contributed by atoms with E-state index < -0.39 is 0 Å². The number of amidine groups is 1. The van der Waals surface area contributed by atoms with Gasteiger partial charge in [0.2, 0.25) is 0 Å². The van der Waals surface area contributed by atoms with Gasteiger partial charge in [0, 0.05) is 32.2 Å². The normalized spacial score (nSPS) is 14.9. The van der Waals surface area contributed by atoms with Crippen molar-refractivity contribution in [1.82, 2.24) is 10.6 Å². The maximum absolute atomic E-state index is 11.6. The highest BCUT2D eigenvalue weighted by molar-refractivity contribution is 8.14. The Morgan fingerprint density at radius 1 is 1.72 bits per heavy atom. The SMILES string of the molecule is COCCCNC(=O)/C(C#N)=C\NC1=NCCS1. The van der Waals surface area contributed by atoms with Crippen LogP contribution < -0.4 is 10.6 Å². The number of methoxy groups -OCH3 is 1. The number of hydrogen-bond donors (Lipinski definition) is 2. The average molecular weight is 268 g/mol. The smallest absolute Gasteiger partial charge is 0.263 e. The number of aliphatic imine (C=N–C) groups is 1. The Morgan fingerprint density at radius 3 is 3.17 bits per heavy atom. The van der Waals surface area contributed by atoms with Crippen molar-refractivity contribution in [2.24, 2.45) is 4.99 Å². The lowest BCUT2D eigenvalue weighted by molar-refractivity contribution is -0.117. The monoisotopic (exact) mass is 268 g/mol. The summed E-state index contributed by atoms with van der Waals surface area (Å²) in [5, 5.41) is 15.1. The zero-order valence-corrected chi connectivity index (χ0v) is 11.0. The number of carbonyl (C=O) groups is 1. The van der Waals surface area contributed by atoms with Crippen LogP contribution in [0.4, 0.5) is 0 Å². The van der Waals surface area contributed by atoms with E-state index in [0.29, 0.717) is 13.2 Å². The van der Waals surface area contributed by atoms with Crippen molar-refractivity contribution in [2.75, 3.05) is 32.6 Å². The molecule has 1 amide bonds. The predicted molar refractivity (Wildman–Crippen MR) is 71.1 cm³/mol. The van der Waals surface area contributed by atoms with Gasteiger partial charge in [-0.3, -0.25) is 9.79 Å². The molecule has 0 saturated heterocycles.